The summed E-state index contributed by atoms with van der Waals surface area (Å²) < 4.78 is 7.28. The number of pyridine rings is 1. The lowest BCUT2D eigenvalue weighted by Gasteiger charge is -2.12. The molecule has 7 heteroatoms. The second kappa shape index (κ2) is 8.14. The number of hydrogen-bond donors (Lipinski definition) is 2. The molecule has 3 aromatic rings. The average Bonchev–Trinajstić information content (AvgIpc) is 3.26. The molecule has 0 bridgehead atoms. The number of nitrogens with zero attached hydrogens (tertiary/aromatic N) is 4. The van der Waals surface area contributed by atoms with Gasteiger partial charge in [0.15, 0.2) is 17.4 Å². The smallest absolute Gasteiger partial charge is 0.191 e. The van der Waals surface area contributed by atoms with Crippen LogP contribution in [0.2, 0.25) is 0 Å². The monoisotopic (exact) mass is 338 g/mol. The third kappa shape index (κ3) is 4.69. The summed E-state index contributed by atoms with van der Waals surface area (Å²) in [4.78, 5) is 4.61. The molecule has 2 N–H and O–H groups in total. The average molecular weight is 338 g/mol. The predicted octanol–water partition coefficient (Wildman–Crippen LogP) is 2.18. The van der Waals surface area contributed by atoms with Gasteiger partial charge in [0.25, 0.3) is 0 Å². The largest absolute Gasteiger partial charge is 0.469 e. The lowest BCUT2D eigenvalue weighted by molar-refractivity contribution is 0.507. The Balaban J connectivity index is 1.64. The first kappa shape index (κ1) is 16.8. The van der Waals surface area contributed by atoms with E-state index in [0.717, 1.165) is 35.8 Å². The molecule has 0 aromatic carbocycles. The molecule has 0 radical (unpaired) electrons. The molecule has 0 saturated carbocycles. The summed E-state index contributed by atoms with van der Waals surface area (Å²) in [5, 5.41) is 14.9. The van der Waals surface area contributed by atoms with Gasteiger partial charge in [0.2, 0.25) is 0 Å². The van der Waals surface area contributed by atoms with Crippen molar-refractivity contribution in [1.29, 1.82) is 0 Å². The lowest BCUT2D eigenvalue weighted by Crippen LogP contribution is -2.39. The van der Waals surface area contributed by atoms with Crippen LogP contribution in [0.15, 0.2) is 64.4 Å². The molecule has 0 amide bonds. The van der Waals surface area contributed by atoms with Crippen LogP contribution in [0.1, 0.15) is 18.5 Å². The van der Waals surface area contributed by atoms with Gasteiger partial charge in [-0.25, -0.2) is 4.99 Å². The highest BCUT2D eigenvalue weighted by atomic mass is 16.3. The molecule has 0 saturated heterocycles. The van der Waals surface area contributed by atoms with Gasteiger partial charge in [0.1, 0.15) is 12.3 Å². The topological polar surface area (TPSA) is 79.8 Å². The van der Waals surface area contributed by atoms with Crippen LogP contribution < -0.4 is 10.6 Å². The number of nitrogens with one attached hydrogen (secondary N) is 2. The lowest BCUT2D eigenvalue weighted by atomic mass is 10.3. The van der Waals surface area contributed by atoms with Crippen LogP contribution >= 0.6 is 0 Å². The van der Waals surface area contributed by atoms with Crippen LogP contribution in [-0.4, -0.2) is 33.6 Å². The van der Waals surface area contributed by atoms with Crippen molar-refractivity contribution >= 4 is 11.6 Å². The van der Waals surface area contributed by atoms with E-state index in [1.807, 2.05) is 47.9 Å². The highest BCUT2D eigenvalue weighted by molar-refractivity contribution is 5.80. The van der Waals surface area contributed by atoms with Crippen LogP contribution in [0.5, 0.6) is 0 Å². The van der Waals surface area contributed by atoms with Crippen LogP contribution in [0.3, 0.4) is 0 Å². The highest BCUT2D eigenvalue weighted by Gasteiger charge is 2.05. The van der Waals surface area contributed by atoms with E-state index < -0.39 is 0 Å². The Morgan fingerprint density at radius 1 is 1.24 bits per heavy atom. The van der Waals surface area contributed by atoms with Crippen LogP contribution in [0, 0.1) is 0 Å². The van der Waals surface area contributed by atoms with E-state index in [1.54, 1.807) is 6.26 Å². The number of hydrogen-bond acceptors (Lipinski definition) is 4. The van der Waals surface area contributed by atoms with Gasteiger partial charge in [-0.3, -0.25) is 4.40 Å². The van der Waals surface area contributed by atoms with E-state index in [-0.39, 0.29) is 0 Å². The summed E-state index contributed by atoms with van der Waals surface area (Å²) in [5.41, 5.74) is 1.85. The SMILES string of the molecule is C=C(C)CNC(=NCc1nnc2ccccn12)NCCc1ccco1. The maximum atomic E-state index is 5.34. The van der Waals surface area contributed by atoms with Gasteiger partial charge in [0, 0.05) is 25.7 Å². The molecule has 0 aliphatic carbocycles. The molecule has 130 valence electrons. The second-order valence-corrected chi connectivity index (χ2v) is 5.78. The fraction of sp³-hybridized carbons (Fsp3) is 0.278. The Morgan fingerprint density at radius 2 is 2.16 bits per heavy atom. The number of rotatable bonds is 7. The van der Waals surface area contributed by atoms with Crippen molar-refractivity contribution in [3.63, 3.8) is 0 Å². The maximum absolute atomic E-state index is 5.34. The zero-order chi connectivity index (χ0) is 17.5. The summed E-state index contributed by atoms with van der Waals surface area (Å²) in [6.45, 7) is 7.69. The first-order valence-electron chi connectivity index (χ1n) is 8.20. The third-order valence-corrected chi connectivity index (χ3v) is 3.56. The van der Waals surface area contributed by atoms with Crippen molar-refractivity contribution < 1.29 is 4.42 Å². The van der Waals surface area contributed by atoms with Gasteiger partial charge >= 0.3 is 0 Å². The zero-order valence-corrected chi connectivity index (χ0v) is 14.3. The van der Waals surface area contributed by atoms with Crippen molar-refractivity contribution in [3.05, 3.63) is 66.5 Å². The summed E-state index contributed by atoms with van der Waals surface area (Å²) in [5.74, 6) is 2.44. The minimum atomic E-state index is 0.428. The molecule has 0 spiro atoms. The number of furan rings is 1. The predicted molar refractivity (Wildman–Crippen MR) is 97.4 cm³/mol. The number of fused-ring (bicyclic) bond motifs is 1. The van der Waals surface area contributed by atoms with Crippen molar-refractivity contribution in [1.82, 2.24) is 25.2 Å². The van der Waals surface area contributed by atoms with E-state index in [2.05, 4.69) is 32.4 Å². The molecule has 0 aliphatic rings. The van der Waals surface area contributed by atoms with Crippen molar-refractivity contribution in [3.8, 4) is 0 Å². The van der Waals surface area contributed by atoms with Crippen LogP contribution in [0.25, 0.3) is 5.65 Å². The quantitative estimate of drug-likeness (QED) is 0.392. The molecule has 25 heavy (non-hydrogen) atoms. The number of aromatic nitrogens is 3. The minimum Gasteiger partial charge on any atom is -0.469 e. The molecule has 0 aliphatic heterocycles. The second-order valence-electron chi connectivity index (χ2n) is 5.78. The Labute approximate surface area is 146 Å². The van der Waals surface area contributed by atoms with Gasteiger partial charge in [0.05, 0.1) is 6.26 Å². The van der Waals surface area contributed by atoms with Crippen molar-refractivity contribution in [2.45, 2.75) is 19.9 Å². The Kier molecular flexibility index (Phi) is 5.46. The van der Waals surface area contributed by atoms with Crippen molar-refractivity contribution in [2.24, 2.45) is 4.99 Å². The Morgan fingerprint density at radius 3 is 2.96 bits per heavy atom. The molecule has 0 fully saturated rings. The van der Waals surface area contributed by atoms with Crippen molar-refractivity contribution in [2.75, 3.05) is 13.1 Å². The van der Waals surface area contributed by atoms with Gasteiger partial charge in [-0.1, -0.05) is 18.2 Å². The summed E-state index contributed by atoms with van der Waals surface area (Å²) in [6, 6.07) is 9.66. The molecule has 3 rings (SSSR count). The van der Waals surface area contributed by atoms with E-state index >= 15 is 0 Å². The number of guanidine groups is 1. The molecule has 3 aromatic heterocycles. The fourth-order valence-electron chi connectivity index (χ4n) is 2.32. The highest BCUT2D eigenvalue weighted by Crippen LogP contribution is 2.04. The summed E-state index contributed by atoms with van der Waals surface area (Å²) in [7, 11) is 0. The minimum absolute atomic E-state index is 0.428. The van der Waals surface area contributed by atoms with Crippen LogP contribution in [-0.2, 0) is 13.0 Å². The summed E-state index contributed by atoms with van der Waals surface area (Å²) >= 11 is 0. The van der Waals surface area contributed by atoms with Crippen LogP contribution in [0.4, 0.5) is 0 Å². The van der Waals surface area contributed by atoms with E-state index in [4.69, 9.17) is 4.42 Å². The first-order chi connectivity index (χ1) is 12.2. The van der Waals surface area contributed by atoms with Gasteiger partial charge in [-0.05, 0) is 31.2 Å². The Bertz CT molecular complexity index is 849. The maximum Gasteiger partial charge on any atom is 0.191 e. The van der Waals surface area contributed by atoms with E-state index in [1.165, 1.54) is 0 Å². The van der Waals surface area contributed by atoms with Gasteiger partial charge in [-0.15, -0.1) is 10.2 Å². The van der Waals surface area contributed by atoms with E-state index in [0.29, 0.717) is 19.0 Å². The molecule has 0 unspecified atom stereocenters. The molecule has 3 heterocycles. The Hall–Kier alpha value is -3.09. The molecular weight excluding hydrogens is 316 g/mol. The van der Waals surface area contributed by atoms with E-state index in [9.17, 15) is 0 Å². The van der Waals surface area contributed by atoms with Gasteiger partial charge < -0.3 is 15.1 Å². The number of aliphatic imine (C=N–C) groups is 1. The molecular formula is C18H22N6O. The molecule has 0 atom stereocenters. The standard InChI is InChI=1S/C18H22N6O/c1-14(2)12-20-18(19-9-8-15-6-5-11-25-15)21-13-17-23-22-16-7-3-4-10-24(16)17/h3-7,10-11H,1,8-9,12-13H2,2H3,(H2,19,20,21). The van der Waals surface area contributed by atoms with Gasteiger partial charge in [-0.2, -0.15) is 0 Å². The normalized spacial score (nSPS) is 11.6. The zero-order valence-electron chi connectivity index (χ0n) is 14.3. The first-order valence-corrected chi connectivity index (χ1v) is 8.20. The summed E-state index contributed by atoms with van der Waals surface area (Å²) in [6.07, 6.45) is 4.40. The fourth-order valence-corrected chi connectivity index (χ4v) is 2.32. The molecule has 7 nitrogen and oxygen atoms in total. The third-order valence-electron chi connectivity index (χ3n) is 3.56.